The van der Waals surface area contributed by atoms with E-state index in [4.69, 9.17) is 10.4 Å². The van der Waals surface area contributed by atoms with Crippen LogP contribution in [0.5, 0.6) is 0 Å². The van der Waals surface area contributed by atoms with Gasteiger partial charge in [0.05, 0.1) is 5.52 Å². The molecular formula is C20H17N3O2. The van der Waals surface area contributed by atoms with Gasteiger partial charge in [-0.25, -0.2) is 4.79 Å². The van der Waals surface area contributed by atoms with Crippen molar-refractivity contribution in [3.05, 3.63) is 65.9 Å². The highest BCUT2D eigenvalue weighted by molar-refractivity contribution is 6.00. The number of hydrogen-bond donors (Lipinski definition) is 1. The molecule has 0 atom stereocenters. The Kier molecular flexibility index (Phi) is 4.27. The van der Waals surface area contributed by atoms with Gasteiger partial charge < -0.3 is 14.6 Å². The number of carbonyl (C=O) groups is 1. The molecule has 0 amide bonds. The van der Waals surface area contributed by atoms with E-state index in [-0.39, 0.29) is 5.57 Å². The van der Waals surface area contributed by atoms with Crippen molar-refractivity contribution < 1.29 is 9.90 Å². The monoisotopic (exact) mass is 331 g/mol. The van der Waals surface area contributed by atoms with Gasteiger partial charge in [-0.15, -0.1) is 0 Å². The van der Waals surface area contributed by atoms with Crippen LogP contribution in [0.25, 0.3) is 22.7 Å². The zero-order valence-electron chi connectivity index (χ0n) is 14.0. The number of fused-ring (bicyclic) bond motifs is 1. The summed E-state index contributed by atoms with van der Waals surface area (Å²) in [6.07, 6.45) is 3.27. The third-order valence-corrected chi connectivity index (χ3v) is 4.04. The Labute approximate surface area is 145 Å². The third-order valence-electron chi connectivity index (χ3n) is 4.04. The normalized spacial score (nSPS) is 11.3. The highest BCUT2D eigenvalue weighted by Gasteiger charge is 2.12. The van der Waals surface area contributed by atoms with E-state index in [0.29, 0.717) is 5.56 Å². The highest BCUT2D eigenvalue weighted by atomic mass is 16.4. The maximum Gasteiger partial charge on any atom is 0.346 e. The fraction of sp³-hybridized carbons (Fsp3) is 0.100. The molecule has 0 bridgehead atoms. The van der Waals surface area contributed by atoms with Gasteiger partial charge in [-0.2, -0.15) is 5.26 Å². The van der Waals surface area contributed by atoms with Crippen molar-refractivity contribution in [2.45, 2.75) is 0 Å². The van der Waals surface area contributed by atoms with Crippen LogP contribution in [0.15, 0.2) is 60.3 Å². The first-order chi connectivity index (χ1) is 12.0. The Bertz CT molecular complexity index is 1010. The molecule has 3 aromatic rings. The summed E-state index contributed by atoms with van der Waals surface area (Å²) >= 11 is 0. The predicted molar refractivity (Wildman–Crippen MR) is 98.8 cm³/mol. The molecule has 0 radical (unpaired) electrons. The Morgan fingerprint density at radius 1 is 1.16 bits per heavy atom. The summed E-state index contributed by atoms with van der Waals surface area (Å²) in [5.74, 6) is -1.23. The van der Waals surface area contributed by atoms with E-state index in [9.17, 15) is 4.79 Å². The van der Waals surface area contributed by atoms with E-state index in [1.54, 1.807) is 6.07 Å². The molecule has 2 aromatic carbocycles. The predicted octanol–water partition coefficient (Wildman–Crippen LogP) is 3.69. The molecule has 0 aliphatic carbocycles. The zero-order valence-corrected chi connectivity index (χ0v) is 14.0. The van der Waals surface area contributed by atoms with E-state index in [1.165, 1.54) is 6.08 Å². The summed E-state index contributed by atoms with van der Waals surface area (Å²) < 4.78 is 2.00. The van der Waals surface area contributed by atoms with Crippen LogP contribution in [0.4, 0.5) is 5.69 Å². The SMILES string of the molecule is CN(C)c1ccc(-n2cc(/C=C(\C#N)C(=O)O)c3ccccc32)cc1. The number of nitrogens with zero attached hydrogens (tertiary/aromatic N) is 3. The average molecular weight is 331 g/mol. The van der Waals surface area contributed by atoms with Crippen molar-refractivity contribution in [1.29, 1.82) is 5.26 Å². The summed E-state index contributed by atoms with van der Waals surface area (Å²) in [4.78, 5) is 13.2. The van der Waals surface area contributed by atoms with Crippen molar-refractivity contribution in [1.82, 2.24) is 4.57 Å². The smallest absolute Gasteiger partial charge is 0.346 e. The molecule has 0 spiro atoms. The number of benzene rings is 2. The van der Waals surface area contributed by atoms with E-state index in [0.717, 1.165) is 22.3 Å². The average Bonchev–Trinajstić information content (AvgIpc) is 2.98. The lowest BCUT2D eigenvalue weighted by Crippen LogP contribution is -2.08. The summed E-state index contributed by atoms with van der Waals surface area (Å²) in [6.45, 7) is 0. The topological polar surface area (TPSA) is 69.3 Å². The minimum absolute atomic E-state index is 0.286. The third kappa shape index (κ3) is 3.10. The second kappa shape index (κ2) is 6.54. The second-order valence-corrected chi connectivity index (χ2v) is 5.86. The second-order valence-electron chi connectivity index (χ2n) is 5.86. The van der Waals surface area contributed by atoms with Gasteiger partial charge in [-0.3, -0.25) is 0 Å². The van der Waals surface area contributed by atoms with Gasteiger partial charge in [-0.1, -0.05) is 18.2 Å². The molecule has 0 saturated heterocycles. The first-order valence-corrected chi connectivity index (χ1v) is 7.74. The van der Waals surface area contributed by atoms with E-state index < -0.39 is 5.97 Å². The number of carboxylic acid groups (broad SMARTS) is 1. The van der Waals surface area contributed by atoms with Crippen LogP contribution >= 0.6 is 0 Å². The molecule has 25 heavy (non-hydrogen) atoms. The Hall–Kier alpha value is -3.52. The molecule has 0 aliphatic rings. The number of carboxylic acids is 1. The van der Waals surface area contributed by atoms with Gasteiger partial charge in [0, 0.05) is 42.6 Å². The highest BCUT2D eigenvalue weighted by Crippen LogP contribution is 2.27. The van der Waals surface area contributed by atoms with Crippen LogP contribution in [-0.2, 0) is 4.79 Å². The van der Waals surface area contributed by atoms with Crippen LogP contribution in [-0.4, -0.2) is 29.7 Å². The quantitative estimate of drug-likeness (QED) is 0.585. The number of aromatic nitrogens is 1. The lowest BCUT2D eigenvalue weighted by molar-refractivity contribution is -0.132. The molecule has 5 heteroatoms. The number of hydrogen-bond acceptors (Lipinski definition) is 3. The van der Waals surface area contributed by atoms with Gasteiger partial charge in [-0.05, 0) is 36.4 Å². The van der Waals surface area contributed by atoms with Gasteiger partial charge in [0.2, 0.25) is 0 Å². The lowest BCUT2D eigenvalue weighted by Gasteiger charge is -2.13. The molecule has 5 nitrogen and oxygen atoms in total. The Balaban J connectivity index is 2.17. The molecule has 1 aromatic heterocycles. The molecule has 1 N–H and O–H groups in total. The first-order valence-electron chi connectivity index (χ1n) is 7.74. The number of anilines is 1. The number of aliphatic carboxylic acids is 1. The van der Waals surface area contributed by atoms with Gasteiger partial charge in [0.15, 0.2) is 0 Å². The summed E-state index contributed by atoms with van der Waals surface area (Å²) in [5.41, 5.74) is 3.43. The van der Waals surface area contributed by atoms with Crippen LogP contribution in [0.2, 0.25) is 0 Å². The first kappa shape index (κ1) is 16.3. The minimum atomic E-state index is -1.23. The standard InChI is InChI=1S/C20H17N3O2/c1-22(2)16-7-9-17(10-8-16)23-13-15(11-14(12-21)20(24)25)18-5-3-4-6-19(18)23/h3-11,13H,1-2H3,(H,24,25)/b14-11+. The molecular weight excluding hydrogens is 314 g/mol. The molecule has 3 rings (SSSR count). The van der Waals surface area contributed by atoms with E-state index in [1.807, 2.05) is 78.3 Å². The Morgan fingerprint density at radius 3 is 2.44 bits per heavy atom. The fourth-order valence-corrected chi connectivity index (χ4v) is 2.74. The molecule has 0 aliphatic heterocycles. The summed E-state index contributed by atoms with van der Waals surface area (Å²) in [7, 11) is 3.97. The Morgan fingerprint density at radius 2 is 1.84 bits per heavy atom. The van der Waals surface area contributed by atoms with Crippen LogP contribution in [0.3, 0.4) is 0 Å². The van der Waals surface area contributed by atoms with Gasteiger partial charge in [0.25, 0.3) is 0 Å². The van der Waals surface area contributed by atoms with Crippen molar-refractivity contribution in [2.75, 3.05) is 19.0 Å². The maximum atomic E-state index is 11.1. The van der Waals surface area contributed by atoms with Crippen molar-refractivity contribution in [3.63, 3.8) is 0 Å². The van der Waals surface area contributed by atoms with E-state index >= 15 is 0 Å². The largest absolute Gasteiger partial charge is 0.477 e. The molecule has 0 saturated carbocycles. The fourth-order valence-electron chi connectivity index (χ4n) is 2.74. The van der Waals surface area contributed by atoms with Crippen LogP contribution < -0.4 is 4.90 Å². The summed E-state index contributed by atoms with van der Waals surface area (Å²) in [6, 6.07) is 17.5. The van der Waals surface area contributed by atoms with E-state index in [2.05, 4.69) is 0 Å². The van der Waals surface area contributed by atoms with Crippen molar-refractivity contribution in [2.24, 2.45) is 0 Å². The van der Waals surface area contributed by atoms with Crippen LogP contribution in [0, 0.1) is 11.3 Å². The number of para-hydroxylation sites is 1. The van der Waals surface area contributed by atoms with Crippen LogP contribution in [0.1, 0.15) is 5.56 Å². The number of nitriles is 1. The van der Waals surface area contributed by atoms with Crippen molar-refractivity contribution >= 4 is 28.6 Å². The molecule has 1 heterocycles. The zero-order chi connectivity index (χ0) is 18.0. The number of rotatable bonds is 4. The molecule has 0 unspecified atom stereocenters. The van der Waals surface area contributed by atoms with Gasteiger partial charge >= 0.3 is 5.97 Å². The van der Waals surface area contributed by atoms with Crippen molar-refractivity contribution in [3.8, 4) is 11.8 Å². The molecule has 0 fully saturated rings. The van der Waals surface area contributed by atoms with Gasteiger partial charge in [0.1, 0.15) is 11.6 Å². The minimum Gasteiger partial charge on any atom is -0.477 e. The molecule has 124 valence electrons. The maximum absolute atomic E-state index is 11.1. The lowest BCUT2D eigenvalue weighted by atomic mass is 10.1. The summed E-state index contributed by atoms with van der Waals surface area (Å²) in [5, 5.41) is 19.0.